The Hall–Kier alpha value is -2.57. The number of benzene rings is 1. The Kier molecular flexibility index (Phi) is 5.63. The molecular weight excluding hydrogens is 369 g/mol. The number of rotatable bonds is 3. The van der Waals surface area contributed by atoms with Crippen molar-refractivity contribution in [3.8, 4) is 0 Å². The molecule has 1 heterocycles. The summed E-state index contributed by atoms with van der Waals surface area (Å²) in [5.74, 6) is -1.78. The van der Waals surface area contributed by atoms with E-state index in [-0.39, 0.29) is 23.0 Å². The minimum absolute atomic E-state index is 0.153. The van der Waals surface area contributed by atoms with Gasteiger partial charge in [-0.3, -0.25) is 9.59 Å². The van der Waals surface area contributed by atoms with Gasteiger partial charge in [0.15, 0.2) is 0 Å². The molecule has 1 saturated heterocycles. The molecule has 7 heteroatoms. The van der Waals surface area contributed by atoms with Crippen molar-refractivity contribution in [1.82, 2.24) is 4.90 Å². The third-order valence-electron chi connectivity index (χ3n) is 5.54. The molecule has 0 aromatic heterocycles. The SMILES string of the molecule is CC1CC=CC(C2CCN(C(=O)c3ccccc3C(N)=O)CC2)=C1C(F)(F)F. The number of allylic oxidation sites excluding steroid dienone is 4. The maximum absolute atomic E-state index is 13.5. The van der Waals surface area contributed by atoms with Crippen molar-refractivity contribution >= 4 is 11.8 Å². The zero-order valence-electron chi connectivity index (χ0n) is 15.6. The highest BCUT2D eigenvalue weighted by Gasteiger charge is 2.41. The lowest BCUT2D eigenvalue weighted by Gasteiger charge is -2.35. The molecule has 0 saturated carbocycles. The largest absolute Gasteiger partial charge is 0.413 e. The van der Waals surface area contributed by atoms with E-state index in [1.807, 2.05) is 0 Å². The summed E-state index contributed by atoms with van der Waals surface area (Å²) in [4.78, 5) is 25.9. The van der Waals surface area contributed by atoms with Crippen molar-refractivity contribution in [2.75, 3.05) is 13.1 Å². The van der Waals surface area contributed by atoms with Crippen LogP contribution in [0.2, 0.25) is 0 Å². The van der Waals surface area contributed by atoms with E-state index in [9.17, 15) is 22.8 Å². The second kappa shape index (κ2) is 7.81. The Morgan fingerprint density at radius 3 is 2.29 bits per heavy atom. The van der Waals surface area contributed by atoms with Crippen LogP contribution in [0.1, 0.15) is 46.9 Å². The van der Waals surface area contributed by atoms with E-state index in [0.717, 1.165) is 0 Å². The van der Waals surface area contributed by atoms with Crippen molar-refractivity contribution in [3.05, 3.63) is 58.7 Å². The summed E-state index contributed by atoms with van der Waals surface area (Å²) < 4.78 is 40.6. The highest BCUT2D eigenvalue weighted by molar-refractivity contribution is 6.06. The molecule has 0 radical (unpaired) electrons. The van der Waals surface area contributed by atoms with Gasteiger partial charge >= 0.3 is 6.18 Å². The summed E-state index contributed by atoms with van der Waals surface area (Å²) in [5.41, 5.74) is 5.65. The average molecular weight is 392 g/mol. The first kappa shape index (κ1) is 20.2. The molecule has 1 fully saturated rings. The van der Waals surface area contributed by atoms with E-state index in [1.54, 1.807) is 42.2 Å². The van der Waals surface area contributed by atoms with Gasteiger partial charge in [-0.15, -0.1) is 0 Å². The maximum Gasteiger partial charge on any atom is 0.413 e. The number of hydrogen-bond acceptors (Lipinski definition) is 2. The van der Waals surface area contributed by atoms with Crippen LogP contribution in [0.15, 0.2) is 47.6 Å². The number of likely N-dealkylation sites (tertiary alicyclic amines) is 1. The van der Waals surface area contributed by atoms with Gasteiger partial charge in [-0.25, -0.2) is 0 Å². The topological polar surface area (TPSA) is 63.4 Å². The zero-order chi connectivity index (χ0) is 20.5. The Morgan fingerprint density at radius 2 is 1.71 bits per heavy atom. The molecule has 1 aliphatic heterocycles. The van der Waals surface area contributed by atoms with Crippen LogP contribution in [-0.2, 0) is 0 Å². The number of carbonyl (C=O) groups is 2. The first-order valence-electron chi connectivity index (χ1n) is 9.36. The predicted molar refractivity (Wildman–Crippen MR) is 99.6 cm³/mol. The van der Waals surface area contributed by atoms with Crippen molar-refractivity contribution < 1.29 is 22.8 Å². The van der Waals surface area contributed by atoms with Crippen molar-refractivity contribution in [3.63, 3.8) is 0 Å². The van der Waals surface area contributed by atoms with Gasteiger partial charge in [0, 0.05) is 18.7 Å². The molecule has 2 aliphatic rings. The fraction of sp³-hybridized carbons (Fsp3) is 0.429. The minimum Gasteiger partial charge on any atom is -0.366 e. The smallest absolute Gasteiger partial charge is 0.366 e. The van der Waals surface area contributed by atoms with Gasteiger partial charge in [-0.05, 0) is 48.8 Å². The number of carbonyl (C=O) groups excluding carboxylic acids is 2. The van der Waals surface area contributed by atoms with Crippen LogP contribution in [-0.4, -0.2) is 36.0 Å². The van der Waals surface area contributed by atoms with Crippen LogP contribution in [0.5, 0.6) is 0 Å². The molecule has 150 valence electrons. The van der Waals surface area contributed by atoms with E-state index in [0.29, 0.717) is 37.9 Å². The van der Waals surface area contributed by atoms with E-state index in [2.05, 4.69) is 0 Å². The van der Waals surface area contributed by atoms with Crippen molar-refractivity contribution in [1.29, 1.82) is 0 Å². The van der Waals surface area contributed by atoms with E-state index in [1.165, 1.54) is 6.07 Å². The molecule has 28 heavy (non-hydrogen) atoms. The van der Waals surface area contributed by atoms with E-state index < -0.39 is 23.6 Å². The highest BCUT2D eigenvalue weighted by atomic mass is 19.4. The van der Waals surface area contributed by atoms with Crippen LogP contribution < -0.4 is 5.73 Å². The number of primary amides is 1. The predicted octanol–water partition coefficient (Wildman–Crippen LogP) is 4.09. The molecular formula is C21H23F3N2O2. The minimum atomic E-state index is -4.34. The fourth-order valence-electron chi connectivity index (χ4n) is 4.14. The lowest BCUT2D eigenvalue weighted by Crippen LogP contribution is -2.40. The van der Waals surface area contributed by atoms with E-state index in [4.69, 9.17) is 5.73 Å². The molecule has 1 atom stereocenters. The fourth-order valence-corrected chi connectivity index (χ4v) is 4.14. The monoisotopic (exact) mass is 392 g/mol. The van der Waals surface area contributed by atoms with Crippen LogP contribution >= 0.6 is 0 Å². The number of nitrogens with two attached hydrogens (primary N) is 1. The Balaban J connectivity index is 1.77. The summed E-state index contributed by atoms with van der Waals surface area (Å²) >= 11 is 0. The molecule has 1 unspecified atom stereocenters. The third kappa shape index (κ3) is 3.98. The van der Waals surface area contributed by atoms with Crippen molar-refractivity contribution in [2.24, 2.45) is 17.6 Å². The summed E-state index contributed by atoms with van der Waals surface area (Å²) in [6.45, 7) is 2.28. The third-order valence-corrected chi connectivity index (χ3v) is 5.54. The number of alkyl halides is 3. The second-order valence-corrected chi connectivity index (χ2v) is 7.38. The Morgan fingerprint density at radius 1 is 1.11 bits per heavy atom. The normalized spacial score (nSPS) is 21.1. The quantitative estimate of drug-likeness (QED) is 0.842. The molecule has 1 aromatic rings. The molecule has 3 rings (SSSR count). The summed E-state index contributed by atoms with van der Waals surface area (Å²) in [6, 6.07) is 6.33. The Bertz CT molecular complexity index is 834. The molecule has 1 aromatic carbocycles. The van der Waals surface area contributed by atoms with Gasteiger partial charge in [0.05, 0.1) is 11.1 Å². The second-order valence-electron chi connectivity index (χ2n) is 7.38. The van der Waals surface area contributed by atoms with Gasteiger partial charge in [0.1, 0.15) is 0 Å². The summed E-state index contributed by atoms with van der Waals surface area (Å²) in [5, 5.41) is 0. The molecule has 2 N–H and O–H groups in total. The average Bonchev–Trinajstić information content (AvgIpc) is 2.66. The van der Waals surface area contributed by atoms with Gasteiger partial charge < -0.3 is 10.6 Å². The molecule has 0 spiro atoms. The summed E-state index contributed by atoms with van der Waals surface area (Å²) in [7, 11) is 0. The highest BCUT2D eigenvalue weighted by Crippen LogP contribution is 2.42. The maximum atomic E-state index is 13.5. The first-order valence-corrected chi connectivity index (χ1v) is 9.36. The number of hydrogen-bond donors (Lipinski definition) is 1. The van der Waals surface area contributed by atoms with Crippen LogP contribution in [0.3, 0.4) is 0 Å². The standard InChI is InChI=1S/C21H23F3N2O2/c1-13-5-4-8-15(18(13)21(22,23)24)14-9-11-26(12-10-14)20(28)17-7-3-2-6-16(17)19(25)27/h2-4,6-8,13-14H,5,9-12H2,1H3,(H2,25,27). The van der Waals surface area contributed by atoms with Gasteiger partial charge in [-0.2, -0.15) is 13.2 Å². The number of piperidine rings is 1. The van der Waals surface area contributed by atoms with Crippen molar-refractivity contribution in [2.45, 2.75) is 32.4 Å². The number of halogens is 3. The molecule has 2 amide bonds. The number of nitrogens with zero attached hydrogens (tertiary/aromatic N) is 1. The van der Waals surface area contributed by atoms with Gasteiger partial charge in [-0.1, -0.05) is 31.2 Å². The Labute approximate surface area is 161 Å². The van der Waals surface area contributed by atoms with Gasteiger partial charge in [0.2, 0.25) is 5.91 Å². The van der Waals surface area contributed by atoms with Gasteiger partial charge in [0.25, 0.3) is 5.91 Å². The summed E-state index contributed by atoms with van der Waals surface area (Å²) in [6.07, 6.45) is 0.364. The van der Waals surface area contributed by atoms with Crippen LogP contribution in [0.4, 0.5) is 13.2 Å². The van der Waals surface area contributed by atoms with Crippen LogP contribution in [0, 0.1) is 11.8 Å². The molecule has 4 nitrogen and oxygen atoms in total. The molecule has 1 aliphatic carbocycles. The number of amides is 2. The zero-order valence-corrected chi connectivity index (χ0v) is 15.6. The van der Waals surface area contributed by atoms with E-state index >= 15 is 0 Å². The molecule has 0 bridgehead atoms. The first-order chi connectivity index (χ1) is 13.2. The lowest BCUT2D eigenvalue weighted by molar-refractivity contribution is -0.0998. The lowest BCUT2D eigenvalue weighted by atomic mass is 9.78. The van der Waals surface area contributed by atoms with Crippen LogP contribution in [0.25, 0.3) is 0 Å².